The molecule has 31 heavy (non-hydrogen) atoms. The van der Waals surface area contributed by atoms with E-state index in [1.54, 1.807) is 23.5 Å². The van der Waals surface area contributed by atoms with Crippen LogP contribution in [0.5, 0.6) is 0 Å². The molecule has 1 aliphatic rings. The van der Waals surface area contributed by atoms with Crippen LogP contribution < -0.4 is 5.32 Å². The Morgan fingerprint density at radius 3 is 3.03 bits per heavy atom. The molecule has 0 aliphatic carbocycles. The van der Waals surface area contributed by atoms with E-state index in [9.17, 15) is 9.18 Å². The van der Waals surface area contributed by atoms with E-state index in [0.717, 1.165) is 40.2 Å². The van der Waals surface area contributed by atoms with Crippen molar-refractivity contribution in [3.63, 3.8) is 0 Å². The largest absolute Gasteiger partial charge is 0.340 e. The van der Waals surface area contributed by atoms with Crippen LogP contribution >= 0.6 is 22.9 Å². The molecule has 0 atom stereocenters. The number of thiophene rings is 1. The molecule has 1 amide bonds. The fraction of sp³-hybridized carbons (Fsp3) is 0.318. The molecule has 1 aromatic carbocycles. The van der Waals surface area contributed by atoms with Crippen LogP contribution in [0.2, 0.25) is 5.02 Å². The molecule has 3 aromatic rings. The number of benzene rings is 1. The number of anilines is 2. The van der Waals surface area contributed by atoms with Crippen molar-refractivity contribution in [2.45, 2.75) is 19.9 Å². The fourth-order valence-corrected chi connectivity index (χ4v) is 4.87. The number of carbonyl (C=O) groups excluding carboxylic acids is 1. The van der Waals surface area contributed by atoms with E-state index in [2.05, 4.69) is 27.1 Å². The highest BCUT2D eigenvalue weighted by Crippen LogP contribution is 2.38. The number of nitrogens with one attached hydrogen (secondary N) is 1. The normalized spacial score (nSPS) is 13.9. The third kappa shape index (κ3) is 4.71. The summed E-state index contributed by atoms with van der Waals surface area (Å²) in [4.78, 5) is 27.4. The highest BCUT2D eigenvalue weighted by Gasteiger charge is 2.25. The quantitative estimate of drug-likeness (QED) is 0.545. The number of nitrogens with zero attached hydrogens (tertiary/aromatic N) is 4. The second kappa shape index (κ2) is 9.30. The van der Waals surface area contributed by atoms with Crippen LogP contribution in [0.4, 0.5) is 15.9 Å². The van der Waals surface area contributed by atoms with Gasteiger partial charge in [-0.25, -0.2) is 14.4 Å². The van der Waals surface area contributed by atoms with Crippen LogP contribution in [-0.2, 0) is 17.8 Å². The van der Waals surface area contributed by atoms with Crippen molar-refractivity contribution < 1.29 is 9.18 Å². The number of likely N-dealkylation sites (N-methyl/N-ethyl adjacent to an activating group) is 1. The number of fused-ring (bicyclic) bond motifs is 3. The Hall–Kier alpha value is -2.55. The van der Waals surface area contributed by atoms with Crippen molar-refractivity contribution in [1.82, 2.24) is 19.8 Å². The Kier molecular flexibility index (Phi) is 6.50. The van der Waals surface area contributed by atoms with Gasteiger partial charge in [-0.1, -0.05) is 24.6 Å². The summed E-state index contributed by atoms with van der Waals surface area (Å²) < 4.78 is 13.5. The molecule has 0 fully saturated rings. The highest BCUT2D eigenvalue weighted by molar-refractivity contribution is 7.19. The Labute approximate surface area is 189 Å². The zero-order valence-corrected chi connectivity index (χ0v) is 18.9. The Morgan fingerprint density at radius 1 is 1.42 bits per heavy atom. The van der Waals surface area contributed by atoms with E-state index < -0.39 is 5.82 Å². The van der Waals surface area contributed by atoms with Crippen LogP contribution in [-0.4, -0.2) is 52.4 Å². The molecule has 3 heterocycles. The summed E-state index contributed by atoms with van der Waals surface area (Å²) in [5.41, 5.74) is 1.82. The Bertz CT molecular complexity index is 1150. The summed E-state index contributed by atoms with van der Waals surface area (Å²) in [5, 5.41) is 4.24. The van der Waals surface area contributed by atoms with Gasteiger partial charge >= 0.3 is 0 Å². The van der Waals surface area contributed by atoms with Crippen molar-refractivity contribution >= 4 is 50.6 Å². The first-order chi connectivity index (χ1) is 15.0. The molecule has 0 bridgehead atoms. The minimum atomic E-state index is -0.465. The van der Waals surface area contributed by atoms with Gasteiger partial charge in [0.2, 0.25) is 5.91 Å². The smallest absolute Gasteiger partial charge is 0.246 e. The predicted octanol–water partition coefficient (Wildman–Crippen LogP) is 4.62. The van der Waals surface area contributed by atoms with E-state index in [-0.39, 0.29) is 10.9 Å². The van der Waals surface area contributed by atoms with Crippen LogP contribution in [0.15, 0.2) is 36.7 Å². The topological polar surface area (TPSA) is 61.4 Å². The second-order valence-electron chi connectivity index (χ2n) is 7.43. The minimum absolute atomic E-state index is 0.0259. The van der Waals surface area contributed by atoms with Gasteiger partial charge in [0, 0.05) is 29.7 Å². The maximum Gasteiger partial charge on any atom is 0.246 e. The molecule has 1 N–H and O–H groups in total. The molecule has 0 saturated heterocycles. The summed E-state index contributed by atoms with van der Waals surface area (Å²) in [6.45, 7) is 4.98. The van der Waals surface area contributed by atoms with Crippen molar-refractivity contribution in [2.75, 3.05) is 32.0 Å². The summed E-state index contributed by atoms with van der Waals surface area (Å²) in [7, 11) is 2.02. The van der Waals surface area contributed by atoms with E-state index in [1.165, 1.54) is 18.5 Å². The van der Waals surface area contributed by atoms with Gasteiger partial charge < -0.3 is 15.1 Å². The molecule has 162 valence electrons. The van der Waals surface area contributed by atoms with Gasteiger partial charge in [-0.05, 0) is 43.8 Å². The van der Waals surface area contributed by atoms with Gasteiger partial charge in [0.1, 0.15) is 22.8 Å². The Balaban J connectivity index is 1.56. The van der Waals surface area contributed by atoms with Gasteiger partial charge in [-0.2, -0.15) is 0 Å². The maximum atomic E-state index is 13.5. The van der Waals surface area contributed by atoms with Crippen LogP contribution in [0, 0.1) is 5.82 Å². The molecule has 0 unspecified atom stereocenters. The molecule has 4 rings (SSSR count). The first-order valence-corrected chi connectivity index (χ1v) is 11.3. The van der Waals surface area contributed by atoms with Gasteiger partial charge in [0.05, 0.1) is 17.0 Å². The second-order valence-corrected chi connectivity index (χ2v) is 8.92. The third-order valence-corrected chi connectivity index (χ3v) is 6.76. The van der Waals surface area contributed by atoms with Crippen LogP contribution in [0.25, 0.3) is 10.2 Å². The molecule has 6 nitrogen and oxygen atoms in total. The van der Waals surface area contributed by atoms with Gasteiger partial charge in [-0.3, -0.25) is 4.79 Å². The average molecular weight is 460 g/mol. The van der Waals surface area contributed by atoms with Crippen molar-refractivity contribution in [2.24, 2.45) is 0 Å². The zero-order valence-electron chi connectivity index (χ0n) is 17.4. The zero-order chi connectivity index (χ0) is 22.0. The number of carbonyl (C=O) groups is 1. The van der Waals surface area contributed by atoms with Gasteiger partial charge in [0.25, 0.3) is 0 Å². The number of rotatable bonds is 6. The molecular formula is C22H23ClFN5OS. The lowest BCUT2D eigenvalue weighted by Crippen LogP contribution is -2.34. The summed E-state index contributed by atoms with van der Waals surface area (Å²) in [6.07, 6.45) is 5.81. The molecule has 0 saturated carbocycles. The first kappa shape index (κ1) is 21.7. The molecule has 2 aromatic heterocycles. The van der Waals surface area contributed by atoms with Crippen molar-refractivity contribution in [3.05, 3.63) is 58.0 Å². The summed E-state index contributed by atoms with van der Waals surface area (Å²) in [6, 6.07) is 4.48. The van der Waals surface area contributed by atoms with Crippen molar-refractivity contribution in [1.29, 1.82) is 0 Å². The van der Waals surface area contributed by atoms with E-state index in [4.69, 9.17) is 11.6 Å². The van der Waals surface area contributed by atoms with E-state index in [1.807, 2.05) is 18.0 Å². The molecule has 0 radical (unpaired) electrons. The van der Waals surface area contributed by atoms with E-state index >= 15 is 0 Å². The third-order valence-electron chi connectivity index (χ3n) is 5.35. The van der Waals surface area contributed by atoms with E-state index in [0.29, 0.717) is 24.6 Å². The van der Waals surface area contributed by atoms with Gasteiger partial charge in [0.15, 0.2) is 0 Å². The minimum Gasteiger partial charge on any atom is -0.340 e. The first-order valence-electron chi connectivity index (χ1n) is 10.1. The molecule has 0 spiro atoms. The monoisotopic (exact) mass is 459 g/mol. The lowest BCUT2D eigenvalue weighted by Gasteiger charge is -2.26. The lowest BCUT2D eigenvalue weighted by atomic mass is 10.0. The lowest BCUT2D eigenvalue weighted by molar-refractivity contribution is -0.126. The summed E-state index contributed by atoms with van der Waals surface area (Å²) in [5.74, 6) is 0.221. The maximum absolute atomic E-state index is 13.5. The Morgan fingerprint density at radius 2 is 2.26 bits per heavy atom. The molecule has 9 heteroatoms. The van der Waals surface area contributed by atoms with Gasteiger partial charge in [-0.15, -0.1) is 11.3 Å². The highest BCUT2D eigenvalue weighted by atomic mass is 35.5. The van der Waals surface area contributed by atoms with Crippen LogP contribution in [0.3, 0.4) is 0 Å². The fourth-order valence-electron chi connectivity index (χ4n) is 3.49. The van der Waals surface area contributed by atoms with Crippen molar-refractivity contribution in [3.8, 4) is 0 Å². The number of aromatic nitrogens is 2. The molecular weight excluding hydrogens is 437 g/mol. The molecule has 1 aliphatic heterocycles. The predicted molar refractivity (Wildman–Crippen MR) is 124 cm³/mol. The average Bonchev–Trinajstić information content (AvgIpc) is 3.14. The number of hydrogen-bond acceptors (Lipinski definition) is 6. The number of halogens is 2. The summed E-state index contributed by atoms with van der Waals surface area (Å²) >= 11 is 7.49. The number of amides is 1. The standard InChI is InChI=1S/C22H23ClFN5OS/c1-3-28(2)9-4-5-19(30)29-10-8-15-18(12-29)31-22-20(15)21(25-13-26-22)27-14-6-7-17(24)16(23)11-14/h4-7,11,13H,3,8-10,12H2,1-2H3,(H,25,26,27). The SMILES string of the molecule is CCN(C)CC=CC(=O)N1CCc2c(sc3ncnc(Nc4ccc(F)c(Cl)c4)c23)C1. The van der Waals surface area contributed by atoms with Crippen LogP contribution in [0.1, 0.15) is 17.4 Å². The number of hydrogen-bond donors (Lipinski definition) is 1.